The molecule has 0 saturated heterocycles. The number of hydrogen-bond acceptors (Lipinski definition) is 8. The summed E-state index contributed by atoms with van der Waals surface area (Å²) < 4.78 is 0. The minimum absolute atomic E-state index is 0.0420. The lowest BCUT2D eigenvalue weighted by Crippen LogP contribution is -2.58. The molecular weight excluding hydrogens is 558 g/mol. The number of imidazole rings is 1. The maximum absolute atomic E-state index is 13.7. The second-order valence-corrected chi connectivity index (χ2v) is 10.0. The Morgan fingerprint density at radius 3 is 2.14 bits per heavy atom. The largest absolute Gasteiger partial charge is 0.508 e. The van der Waals surface area contributed by atoms with Gasteiger partial charge in [-0.1, -0.05) is 30.3 Å². The molecule has 4 aromatic rings. The fraction of sp³-hybridized carbons (Fsp3) is 0.276. The van der Waals surface area contributed by atoms with Crippen LogP contribution >= 0.6 is 0 Å². The van der Waals surface area contributed by atoms with Gasteiger partial charge in [-0.25, -0.2) is 9.78 Å². The summed E-state index contributed by atoms with van der Waals surface area (Å²) in [4.78, 5) is 61.3. The van der Waals surface area contributed by atoms with E-state index in [-0.39, 0.29) is 25.0 Å². The molecule has 14 nitrogen and oxygen atoms in total. The van der Waals surface area contributed by atoms with Crippen LogP contribution in [0, 0.1) is 0 Å². The number of phenolic OH excluding ortho intramolecular Hbond substituents is 1. The molecule has 3 amide bonds. The van der Waals surface area contributed by atoms with Crippen molar-refractivity contribution >= 4 is 34.6 Å². The monoisotopic (exact) mass is 591 g/mol. The number of nitrogens with zero attached hydrogens (tertiary/aromatic N) is 1. The topological polar surface area (TPSA) is 236 Å². The average molecular weight is 592 g/mol. The number of aromatic nitrogens is 3. The van der Waals surface area contributed by atoms with E-state index in [0.29, 0.717) is 11.3 Å². The first-order valence-corrected chi connectivity index (χ1v) is 13.4. The number of fused-ring (bicyclic) bond motifs is 1. The number of aliphatic hydroxyl groups excluding tert-OH is 1. The number of aliphatic carboxylic acids is 1. The van der Waals surface area contributed by atoms with E-state index in [1.54, 1.807) is 18.3 Å². The van der Waals surface area contributed by atoms with Gasteiger partial charge in [-0.2, -0.15) is 0 Å². The predicted octanol–water partition coefficient (Wildman–Crippen LogP) is -0.517. The van der Waals surface area contributed by atoms with E-state index in [1.807, 2.05) is 24.3 Å². The van der Waals surface area contributed by atoms with Crippen LogP contribution in [0.4, 0.5) is 0 Å². The highest BCUT2D eigenvalue weighted by Crippen LogP contribution is 2.19. The lowest BCUT2D eigenvalue weighted by atomic mass is 10.0. The SMILES string of the molecule is NC(Cc1ccc(O)cc1)C(=O)NC(Cc1c[nH]c2ccccc12)C(=O)NC(Cc1cnc[nH]1)C(=O)NC(CO)C(=O)O. The zero-order valence-corrected chi connectivity index (χ0v) is 23.0. The molecule has 2 heterocycles. The molecule has 0 aliphatic heterocycles. The number of carbonyl (C=O) groups excluding carboxylic acids is 3. The Bertz CT molecular complexity index is 1550. The fourth-order valence-electron chi connectivity index (χ4n) is 4.54. The fourth-order valence-corrected chi connectivity index (χ4v) is 4.54. The van der Waals surface area contributed by atoms with Crippen molar-refractivity contribution in [2.45, 2.75) is 43.4 Å². The van der Waals surface area contributed by atoms with Crippen molar-refractivity contribution in [3.05, 3.63) is 84.1 Å². The number of para-hydroxylation sites is 1. The molecule has 4 unspecified atom stereocenters. The zero-order valence-electron chi connectivity index (χ0n) is 23.0. The number of hydrogen-bond donors (Lipinski definition) is 9. The molecule has 4 rings (SSSR count). The van der Waals surface area contributed by atoms with Crippen LogP contribution in [0.2, 0.25) is 0 Å². The van der Waals surface area contributed by atoms with Crippen LogP contribution in [0.15, 0.2) is 67.3 Å². The summed E-state index contributed by atoms with van der Waals surface area (Å²) in [6.45, 7) is -0.857. The van der Waals surface area contributed by atoms with Crippen LogP contribution in [0.5, 0.6) is 5.75 Å². The van der Waals surface area contributed by atoms with E-state index >= 15 is 0 Å². The Labute approximate surface area is 245 Å². The summed E-state index contributed by atoms with van der Waals surface area (Å²) in [6.07, 6.45) is 4.65. The van der Waals surface area contributed by atoms with Gasteiger partial charge in [0.25, 0.3) is 0 Å². The van der Waals surface area contributed by atoms with Gasteiger partial charge in [0.15, 0.2) is 0 Å². The van der Waals surface area contributed by atoms with Crippen LogP contribution in [0.1, 0.15) is 16.8 Å². The van der Waals surface area contributed by atoms with E-state index < -0.39 is 54.5 Å². The highest BCUT2D eigenvalue weighted by atomic mass is 16.4. The number of nitrogens with one attached hydrogen (secondary N) is 5. The molecule has 43 heavy (non-hydrogen) atoms. The third kappa shape index (κ3) is 8.18. The number of aromatic hydroxyl groups is 1. The maximum atomic E-state index is 13.7. The van der Waals surface area contributed by atoms with Gasteiger partial charge in [-0.15, -0.1) is 0 Å². The van der Waals surface area contributed by atoms with Crippen LogP contribution < -0.4 is 21.7 Å². The van der Waals surface area contributed by atoms with Crippen LogP contribution in [-0.2, 0) is 38.4 Å². The first-order valence-electron chi connectivity index (χ1n) is 13.4. The van der Waals surface area contributed by atoms with Crippen LogP contribution in [-0.4, -0.2) is 84.7 Å². The highest BCUT2D eigenvalue weighted by molar-refractivity contribution is 5.95. The summed E-state index contributed by atoms with van der Waals surface area (Å²) in [5, 5.41) is 36.6. The number of aliphatic hydroxyl groups is 1. The molecule has 226 valence electrons. The predicted molar refractivity (Wildman–Crippen MR) is 155 cm³/mol. The number of benzene rings is 2. The minimum atomic E-state index is -1.59. The second-order valence-electron chi connectivity index (χ2n) is 10.0. The van der Waals surface area contributed by atoms with Crippen molar-refractivity contribution in [2.75, 3.05) is 6.61 Å². The maximum Gasteiger partial charge on any atom is 0.328 e. The molecule has 4 atom stereocenters. The first kappa shape index (κ1) is 30.7. The van der Waals surface area contributed by atoms with E-state index in [0.717, 1.165) is 16.5 Å². The smallest absolute Gasteiger partial charge is 0.328 e. The number of nitrogens with two attached hydrogens (primary N) is 1. The van der Waals surface area contributed by atoms with Crippen molar-refractivity contribution in [3.63, 3.8) is 0 Å². The average Bonchev–Trinajstić information content (AvgIpc) is 3.66. The van der Waals surface area contributed by atoms with Crippen molar-refractivity contribution in [3.8, 4) is 5.75 Å². The molecule has 2 aromatic carbocycles. The number of phenols is 1. The summed E-state index contributed by atoms with van der Waals surface area (Å²) in [7, 11) is 0. The quantitative estimate of drug-likeness (QED) is 0.0916. The third-order valence-corrected chi connectivity index (χ3v) is 6.87. The van der Waals surface area contributed by atoms with Crippen molar-refractivity contribution in [1.29, 1.82) is 0 Å². The molecule has 0 saturated carbocycles. The Balaban J connectivity index is 1.56. The van der Waals surface area contributed by atoms with Crippen LogP contribution in [0.25, 0.3) is 10.9 Å². The highest BCUT2D eigenvalue weighted by Gasteiger charge is 2.31. The second kappa shape index (κ2) is 14.1. The lowest BCUT2D eigenvalue weighted by molar-refractivity contribution is -0.143. The molecule has 0 fully saturated rings. The molecule has 14 heteroatoms. The standard InChI is InChI=1S/C29H33N7O7/c30-21(9-16-5-7-19(38)8-6-16)26(39)34-23(10-17-12-32-22-4-2-1-3-20(17)22)27(40)35-24(11-18-13-31-15-33-18)28(41)36-25(14-37)29(42)43/h1-8,12-13,15,21,23-25,32,37-38H,9-11,14,30H2,(H,31,33)(H,34,39)(H,35,40)(H,36,41)(H,42,43). The number of aromatic amines is 2. The van der Waals surface area contributed by atoms with Gasteiger partial charge in [0.05, 0.1) is 19.0 Å². The number of carboxylic acid groups (broad SMARTS) is 1. The Morgan fingerprint density at radius 2 is 1.49 bits per heavy atom. The van der Waals surface area contributed by atoms with Gasteiger partial charge in [-0.05, 0) is 35.7 Å². The van der Waals surface area contributed by atoms with E-state index in [4.69, 9.17) is 5.73 Å². The molecule has 0 bridgehead atoms. The zero-order chi connectivity index (χ0) is 30.9. The number of rotatable bonds is 14. The molecular formula is C29H33N7O7. The van der Waals surface area contributed by atoms with Gasteiger partial charge >= 0.3 is 5.97 Å². The Morgan fingerprint density at radius 1 is 0.837 bits per heavy atom. The van der Waals surface area contributed by atoms with Crippen LogP contribution in [0.3, 0.4) is 0 Å². The molecule has 10 N–H and O–H groups in total. The van der Waals surface area contributed by atoms with Crippen molar-refractivity contribution in [1.82, 2.24) is 30.9 Å². The Kier molecular flexibility index (Phi) is 10.1. The lowest BCUT2D eigenvalue weighted by Gasteiger charge is -2.25. The van der Waals surface area contributed by atoms with Gasteiger partial charge in [0.2, 0.25) is 17.7 Å². The molecule has 0 spiro atoms. The van der Waals surface area contributed by atoms with E-state index in [1.165, 1.54) is 24.7 Å². The number of carbonyl (C=O) groups is 4. The Hall–Kier alpha value is -5.21. The van der Waals surface area contributed by atoms with Gasteiger partial charge in [-0.3, -0.25) is 14.4 Å². The third-order valence-electron chi connectivity index (χ3n) is 6.87. The number of H-pyrrole nitrogens is 2. The summed E-state index contributed by atoms with van der Waals surface area (Å²) in [6, 6.07) is 8.56. The first-order chi connectivity index (χ1) is 20.6. The van der Waals surface area contributed by atoms with Gasteiger partial charge in [0.1, 0.15) is 23.9 Å². The molecule has 0 aliphatic carbocycles. The molecule has 0 radical (unpaired) electrons. The number of amides is 3. The molecule has 2 aromatic heterocycles. The molecule has 0 aliphatic rings. The summed E-state index contributed by atoms with van der Waals surface area (Å²) in [5.74, 6) is -3.57. The summed E-state index contributed by atoms with van der Waals surface area (Å²) in [5.41, 5.74) is 8.90. The van der Waals surface area contributed by atoms with Crippen molar-refractivity contribution in [2.24, 2.45) is 5.73 Å². The summed E-state index contributed by atoms with van der Waals surface area (Å²) >= 11 is 0. The van der Waals surface area contributed by atoms with Crippen molar-refractivity contribution < 1.29 is 34.5 Å². The number of carboxylic acids is 1. The van der Waals surface area contributed by atoms with Gasteiger partial charge < -0.3 is 47.0 Å². The van der Waals surface area contributed by atoms with E-state index in [2.05, 4.69) is 30.9 Å². The minimum Gasteiger partial charge on any atom is -0.508 e. The van der Waals surface area contributed by atoms with E-state index in [9.17, 15) is 34.5 Å². The van der Waals surface area contributed by atoms with Gasteiger partial charge in [0, 0.05) is 41.8 Å². The normalized spacial score (nSPS) is 13.9.